The molecule has 0 fully saturated rings. The summed E-state index contributed by atoms with van der Waals surface area (Å²) in [5.41, 5.74) is 1.25. The lowest BCUT2D eigenvalue weighted by Crippen LogP contribution is -2.12. The highest BCUT2D eigenvalue weighted by Gasteiger charge is 2.21. The lowest BCUT2D eigenvalue weighted by Gasteiger charge is -2.19. The quantitative estimate of drug-likeness (QED) is 0.531. The maximum absolute atomic E-state index is 11.3. The Morgan fingerprint density at radius 3 is 2.50 bits per heavy atom. The molecule has 1 atom stereocenters. The summed E-state index contributed by atoms with van der Waals surface area (Å²) in [6.07, 6.45) is 3.47. The van der Waals surface area contributed by atoms with Crippen LogP contribution in [0.2, 0.25) is 0 Å². The molecule has 0 spiro atoms. The Kier molecular flexibility index (Phi) is 4.61. The molecule has 1 heterocycles. The van der Waals surface area contributed by atoms with E-state index >= 15 is 0 Å². The fourth-order valence-electron chi connectivity index (χ4n) is 2.69. The molecule has 0 saturated carbocycles. The minimum Gasteiger partial charge on any atom is -0.373 e. The smallest absolute Gasteiger partial charge is 0.299 e. The van der Waals surface area contributed by atoms with Gasteiger partial charge in [-0.15, -0.1) is 0 Å². The maximum atomic E-state index is 11.3. The Morgan fingerprint density at radius 2 is 1.85 bits per heavy atom. The zero-order valence-corrected chi connectivity index (χ0v) is 13.8. The largest absolute Gasteiger partial charge is 0.373 e. The monoisotopic (exact) mass is 353 g/mol. The molecule has 26 heavy (non-hydrogen) atoms. The van der Waals surface area contributed by atoms with E-state index in [4.69, 9.17) is 0 Å². The first-order valence-corrected chi connectivity index (χ1v) is 7.75. The molecule has 0 aliphatic carbocycles. The van der Waals surface area contributed by atoms with Gasteiger partial charge < -0.3 is 5.32 Å². The van der Waals surface area contributed by atoms with Gasteiger partial charge in [0.05, 0.1) is 27.6 Å². The number of nitro benzene ring substituents is 2. The lowest BCUT2D eigenvalue weighted by molar-refractivity contribution is -0.393. The Labute approximate surface area is 148 Å². The molecule has 132 valence electrons. The van der Waals surface area contributed by atoms with Crippen LogP contribution in [0, 0.1) is 20.2 Å². The Morgan fingerprint density at radius 1 is 1.08 bits per heavy atom. The van der Waals surface area contributed by atoms with Crippen LogP contribution in [0.5, 0.6) is 0 Å². The number of para-hydroxylation sites is 1. The van der Waals surface area contributed by atoms with Crippen LogP contribution in [0.15, 0.2) is 60.9 Å². The molecule has 1 aromatic heterocycles. The van der Waals surface area contributed by atoms with Crippen LogP contribution >= 0.6 is 0 Å². The topological polar surface area (TPSA) is 116 Å². The van der Waals surface area contributed by atoms with Crippen LogP contribution in [0.4, 0.5) is 17.1 Å². The summed E-state index contributed by atoms with van der Waals surface area (Å²) in [7, 11) is 0. The average Bonchev–Trinajstić information content (AvgIpc) is 3.16. The Balaban J connectivity index is 1.95. The number of anilines is 1. The molecular weight excluding hydrogens is 338 g/mol. The van der Waals surface area contributed by atoms with Crippen LogP contribution in [0.3, 0.4) is 0 Å². The van der Waals surface area contributed by atoms with Crippen molar-refractivity contribution in [2.45, 2.75) is 13.0 Å². The molecule has 2 aromatic carbocycles. The zero-order chi connectivity index (χ0) is 18.7. The van der Waals surface area contributed by atoms with Gasteiger partial charge in [-0.3, -0.25) is 20.2 Å². The predicted octanol–water partition coefficient (Wildman–Crippen LogP) is 3.86. The van der Waals surface area contributed by atoms with Crippen molar-refractivity contribution in [3.05, 3.63) is 86.7 Å². The van der Waals surface area contributed by atoms with Crippen molar-refractivity contribution in [3.8, 4) is 5.69 Å². The molecule has 9 heteroatoms. The molecule has 3 aromatic rings. The second-order valence-electron chi connectivity index (χ2n) is 5.59. The number of non-ortho nitro benzene ring substituents is 1. The summed E-state index contributed by atoms with van der Waals surface area (Å²) in [6, 6.07) is 12.6. The van der Waals surface area contributed by atoms with Gasteiger partial charge in [0, 0.05) is 18.5 Å². The molecular formula is C17H15N5O4. The molecule has 3 rings (SSSR count). The third kappa shape index (κ3) is 3.36. The number of nitrogens with one attached hydrogen (secondary N) is 1. The molecule has 0 saturated heterocycles. The highest BCUT2D eigenvalue weighted by molar-refractivity contribution is 5.66. The van der Waals surface area contributed by atoms with E-state index in [1.807, 2.05) is 31.2 Å². The summed E-state index contributed by atoms with van der Waals surface area (Å²) in [4.78, 5) is 20.9. The standard InChI is InChI=1S/C17H15N5O4/c1-12(14-5-2-3-6-16(14)20-10-4-9-18-20)19-15-8-7-13(21(23)24)11-17(15)22(25)26/h2-12,19H,1H3. The van der Waals surface area contributed by atoms with E-state index in [0.29, 0.717) is 0 Å². The maximum Gasteiger partial charge on any atom is 0.299 e. The SMILES string of the molecule is CC(Nc1ccc([N+](=O)[O-])cc1[N+](=O)[O-])c1ccccc1-n1cccn1. The van der Waals surface area contributed by atoms with Crippen LogP contribution in [0.25, 0.3) is 5.69 Å². The van der Waals surface area contributed by atoms with Crippen molar-refractivity contribution in [2.24, 2.45) is 0 Å². The minimum atomic E-state index is -0.660. The molecule has 0 amide bonds. The first-order chi connectivity index (χ1) is 12.5. The van der Waals surface area contributed by atoms with Gasteiger partial charge >= 0.3 is 0 Å². The molecule has 0 radical (unpaired) electrons. The number of rotatable bonds is 6. The van der Waals surface area contributed by atoms with Crippen LogP contribution in [-0.2, 0) is 0 Å². The lowest BCUT2D eigenvalue weighted by atomic mass is 10.1. The van der Waals surface area contributed by atoms with E-state index in [9.17, 15) is 20.2 Å². The van der Waals surface area contributed by atoms with Crippen molar-refractivity contribution in [3.63, 3.8) is 0 Å². The van der Waals surface area contributed by atoms with Crippen molar-refractivity contribution < 1.29 is 9.85 Å². The van der Waals surface area contributed by atoms with Gasteiger partial charge in [0.1, 0.15) is 5.69 Å². The number of benzene rings is 2. The van der Waals surface area contributed by atoms with E-state index in [1.54, 1.807) is 23.1 Å². The third-order valence-electron chi connectivity index (χ3n) is 3.92. The van der Waals surface area contributed by atoms with E-state index in [2.05, 4.69) is 10.4 Å². The molecule has 1 unspecified atom stereocenters. The van der Waals surface area contributed by atoms with E-state index < -0.39 is 9.85 Å². The third-order valence-corrected chi connectivity index (χ3v) is 3.92. The van der Waals surface area contributed by atoms with Crippen LogP contribution in [-0.4, -0.2) is 19.6 Å². The zero-order valence-electron chi connectivity index (χ0n) is 13.8. The van der Waals surface area contributed by atoms with Crippen molar-refractivity contribution >= 4 is 17.1 Å². The number of nitrogens with zero attached hydrogens (tertiary/aromatic N) is 4. The van der Waals surface area contributed by atoms with Crippen molar-refractivity contribution in [1.29, 1.82) is 0 Å². The summed E-state index contributed by atoms with van der Waals surface area (Å²) in [5, 5.41) is 29.4. The summed E-state index contributed by atoms with van der Waals surface area (Å²) >= 11 is 0. The van der Waals surface area contributed by atoms with Crippen molar-refractivity contribution in [1.82, 2.24) is 9.78 Å². The summed E-state index contributed by atoms with van der Waals surface area (Å²) in [6.45, 7) is 1.85. The van der Waals surface area contributed by atoms with Gasteiger partial charge in [-0.1, -0.05) is 18.2 Å². The highest BCUT2D eigenvalue weighted by Crippen LogP contribution is 2.32. The number of nitro groups is 2. The van der Waals surface area contributed by atoms with E-state index in [1.165, 1.54) is 12.1 Å². The average molecular weight is 353 g/mol. The second-order valence-corrected chi connectivity index (χ2v) is 5.59. The number of aromatic nitrogens is 2. The van der Waals surface area contributed by atoms with Gasteiger partial charge in [0.15, 0.2) is 0 Å². The summed E-state index contributed by atoms with van der Waals surface area (Å²) in [5.74, 6) is 0. The van der Waals surface area contributed by atoms with E-state index in [0.717, 1.165) is 17.3 Å². The van der Waals surface area contributed by atoms with Gasteiger partial charge in [0.2, 0.25) is 0 Å². The normalized spacial score (nSPS) is 11.7. The van der Waals surface area contributed by atoms with Gasteiger partial charge in [-0.25, -0.2) is 4.68 Å². The fourth-order valence-corrected chi connectivity index (χ4v) is 2.69. The first-order valence-electron chi connectivity index (χ1n) is 7.75. The van der Waals surface area contributed by atoms with Gasteiger partial charge in [-0.05, 0) is 30.7 Å². The number of hydrogen-bond donors (Lipinski definition) is 1. The second kappa shape index (κ2) is 7.01. The van der Waals surface area contributed by atoms with E-state index in [-0.39, 0.29) is 23.1 Å². The van der Waals surface area contributed by atoms with Gasteiger partial charge in [0.25, 0.3) is 11.4 Å². The molecule has 0 bridgehead atoms. The molecule has 0 aliphatic heterocycles. The molecule has 0 aliphatic rings. The molecule has 9 nitrogen and oxygen atoms in total. The molecule has 1 N–H and O–H groups in total. The fraction of sp³-hybridized carbons (Fsp3) is 0.118. The number of hydrogen-bond acceptors (Lipinski definition) is 6. The van der Waals surface area contributed by atoms with Crippen LogP contribution < -0.4 is 5.32 Å². The predicted molar refractivity (Wildman–Crippen MR) is 95.4 cm³/mol. The first kappa shape index (κ1) is 17.1. The Bertz CT molecular complexity index is 956. The van der Waals surface area contributed by atoms with Gasteiger partial charge in [-0.2, -0.15) is 5.10 Å². The Hall–Kier alpha value is -3.75. The highest BCUT2D eigenvalue weighted by atomic mass is 16.6. The van der Waals surface area contributed by atoms with Crippen molar-refractivity contribution in [2.75, 3.05) is 5.32 Å². The van der Waals surface area contributed by atoms with Crippen LogP contribution in [0.1, 0.15) is 18.5 Å². The minimum absolute atomic E-state index is 0.211. The summed E-state index contributed by atoms with van der Waals surface area (Å²) < 4.78 is 1.71.